The number of aryl methyl sites for hydroxylation is 2. The second kappa shape index (κ2) is 12.2. The highest BCUT2D eigenvalue weighted by Crippen LogP contribution is 2.72. The summed E-state index contributed by atoms with van der Waals surface area (Å²) in [5, 5.41) is 0. The Morgan fingerprint density at radius 1 is 0.738 bits per heavy atom. The summed E-state index contributed by atoms with van der Waals surface area (Å²) in [6, 6.07) is 23.6. The van der Waals surface area contributed by atoms with E-state index in [0.29, 0.717) is 31.6 Å². The lowest BCUT2D eigenvalue weighted by Crippen LogP contribution is -2.27. The highest BCUT2D eigenvalue weighted by atomic mass is 32.3. The highest BCUT2D eigenvalue weighted by Gasteiger charge is 2.42. The molecule has 0 N–H and O–H groups in total. The third-order valence-corrected chi connectivity index (χ3v) is 11.5. The van der Waals surface area contributed by atoms with Crippen LogP contribution >= 0.6 is 10.3 Å². The van der Waals surface area contributed by atoms with Crippen LogP contribution in [-0.2, 0) is 23.3 Å². The SMILES string of the molecule is Cc1cc(OCC(=O)OC(C)(C)C)cc(C)c1S(OS(=O)(=O)c1c(F)cccc1F)(c1ccccc1)c1ccccc1. The fourth-order valence-corrected chi connectivity index (χ4v) is 10.3. The van der Waals surface area contributed by atoms with Crippen molar-refractivity contribution in [2.45, 2.75) is 59.8 Å². The molecule has 0 bridgehead atoms. The summed E-state index contributed by atoms with van der Waals surface area (Å²) >= 11 is 0. The first-order chi connectivity index (χ1) is 19.7. The zero-order valence-corrected chi connectivity index (χ0v) is 25.5. The number of benzene rings is 4. The van der Waals surface area contributed by atoms with Gasteiger partial charge in [0.2, 0.25) is 0 Å². The molecule has 0 aromatic heterocycles. The van der Waals surface area contributed by atoms with Gasteiger partial charge in [-0.3, -0.25) is 0 Å². The third-order valence-electron chi connectivity index (χ3n) is 6.01. The van der Waals surface area contributed by atoms with Gasteiger partial charge in [-0.15, -0.1) is 0 Å². The van der Waals surface area contributed by atoms with Gasteiger partial charge >= 0.3 is 16.1 Å². The molecule has 0 atom stereocenters. The molecular weight excluding hydrogens is 582 g/mol. The summed E-state index contributed by atoms with van der Waals surface area (Å²) in [7, 11) is -8.19. The first kappa shape index (κ1) is 31.2. The van der Waals surface area contributed by atoms with Crippen molar-refractivity contribution < 1.29 is 35.1 Å². The van der Waals surface area contributed by atoms with Gasteiger partial charge in [-0.2, -0.15) is 8.42 Å². The van der Waals surface area contributed by atoms with Gasteiger partial charge in [0.05, 0.1) is 0 Å². The van der Waals surface area contributed by atoms with Crippen LogP contribution in [0.25, 0.3) is 0 Å². The summed E-state index contributed by atoms with van der Waals surface area (Å²) in [5.74, 6) is -2.71. The average Bonchev–Trinajstić information content (AvgIpc) is 2.90. The van der Waals surface area contributed by atoms with Gasteiger partial charge in [0.15, 0.2) is 11.5 Å². The van der Waals surface area contributed by atoms with Gasteiger partial charge in [-0.1, -0.05) is 42.5 Å². The molecule has 0 aliphatic heterocycles. The zero-order chi connectivity index (χ0) is 30.7. The van der Waals surface area contributed by atoms with Crippen molar-refractivity contribution in [1.29, 1.82) is 0 Å². The maximum Gasteiger partial charge on any atom is 0.344 e. The Bertz CT molecular complexity index is 1600. The fourth-order valence-electron chi connectivity index (χ4n) is 4.56. The summed E-state index contributed by atoms with van der Waals surface area (Å²) in [6.07, 6.45) is 0. The number of carbonyl (C=O) groups excluding carboxylic acids is 1. The van der Waals surface area contributed by atoms with Gasteiger partial charge in [0.25, 0.3) is 0 Å². The molecule has 4 aromatic carbocycles. The lowest BCUT2D eigenvalue weighted by molar-refractivity contribution is -0.157. The molecule has 0 fully saturated rings. The van der Waals surface area contributed by atoms with Crippen LogP contribution in [0.5, 0.6) is 5.75 Å². The van der Waals surface area contributed by atoms with Crippen LogP contribution in [0.1, 0.15) is 31.9 Å². The van der Waals surface area contributed by atoms with Crippen molar-refractivity contribution in [3.8, 4) is 5.75 Å². The van der Waals surface area contributed by atoms with E-state index in [1.807, 2.05) is 0 Å². The zero-order valence-electron chi connectivity index (χ0n) is 23.9. The minimum atomic E-state index is -5.01. The van der Waals surface area contributed by atoms with Crippen molar-refractivity contribution >= 4 is 26.4 Å². The van der Waals surface area contributed by atoms with E-state index in [-0.39, 0.29) is 6.61 Å². The lowest BCUT2D eigenvalue weighted by atomic mass is 10.1. The molecule has 4 aromatic rings. The van der Waals surface area contributed by atoms with Crippen LogP contribution < -0.4 is 4.74 Å². The van der Waals surface area contributed by atoms with Crippen molar-refractivity contribution in [2.75, 3.05) is 6.61 Å². The van der Waals surface area contributed by atoms with E-state index < -0.39 is 48.5 Å². The molecular formula is C32H32F2O6S2. The molecule has 0 heterocycles. The van der Waals surface area contributed by atoms with Gasteiger partial charge < -0.3 is 9.47 Å². The van der Waals surface area contributed by atoms with Crippen molar-refractivity contribution in [3.05, 3.63) is 114 Å². The van der Waals surface area contributed by atoms with E-state index in [1.54, 1.807) is 107 Å². The van der Waals surface area contributed by atoms with Crippen LogP contribution in [-0.4, -0.2) is 26.6 Å². The minimum Gasteiger partial charge on any atom is -0.482 e. The van der Waals surface area contributed by atoms with E-state index in [1.165, 1.54) is 0 Å². The number of carbonyl (C=O) groups is 1. The van der Waals surface area contributed by atoms with Crippen molar-refractivity contribution in [3.63, 3.8) is 0 Å². The first-order valence-electron chi connectivity index (χ1n) is 13.0. The number of rotatable bonds is 9. The summed E-state index contributed by atoms with van der Waals surface area (Å²) in [6.45, 7) is 8.45. The Labute approximate surface area is 246 Å². The topological polar surface area (TPSA) is 78.9 Å². The number of halogens is 2. The molecule has 42 heavy (non-hydrogen) atoms. The molecule has 0 saturated carbocycles. The quantitative estimate of drug-likeness (QED) is 0.178. The van der Waals surface area contributed by atoms with E-state index in [9.17, 15) is 22.0 Å². The van der Waals surface area contributed by atoms with Gasteiger partial charge in [0.1, 0.15) is 23.0 Å². The van der Waals surface area contributed by atoms with Crippen LogP contribution in [0.2, 0.25) is 0 Å². The molecule has 0 radical (unpaired) electrons. The second-order valence-electron chi connectivity index (χ2n) is 10.5. The average molecular weight is 615 g/mol. The number of hydrogen-bond donors (Lipinski definition) is 0. The largest absolute Gasteiger partial charge is 0.482 e. The minimum absolute atomic E-state index is 0.331. The Hall–Kier alpha value is -3.73. The summed E-state index contributed by atoms with van der Waals surface area (Å²) < 4.78 is 74.6. The number of hydrogen-bond acceptors (Lipinski definition) is 6. The molecule has 10 heteroatoms. The van der Waals surface area contributed by atoms with Gasteiger partial charge in [0, 0.05) is 14.7 Å². The maximum absolute atomic E-state index is 14.8. The molecule has 0 spiro atoms. The third kappa shape index (κ3) is 6.67. The molecule has 0 aliphatic rings. The lowest BCUT2D eigenvalue weighted by Gasteiger charge is -2.41. The Morgan fingerprint density at radius 3 is 1.67 bits per heavy atom. The van der Waals surface area contributed by atoms with Crippen LogP contribution in [0.4, 0.5) is 8.78 Å². The molecule has 4 rings (SSSR count). The first-order valence-corrected chi connectivity index (χ1v) is 16.0. The molecule has 0 aliphatic carbocycles. The van der Waals surface area contributed by atoms with E-state index in [2.05, 4.69) is 0 Å². The number of ether oxygens (including phenoxy) is 2. The predicted octanol–water partition coefficient (Wildman–Crippen LogP) is 7.90. The van der Waals surface area contributed by atoms with Gasteiger partial charge in [-0.25, -0.2) is 17.2 Å². The molecule has 222 valence electrons. The fraction of sp³-hybridized carbons (Fsp3) is 0.219. The predicted molar refractivity (Wildman–Crippen MR) is 157 cm³/mol. The van der Waals surface area contributed by atoms with E-state index in [0.717, 1.165) is 18.2 Å². The molecule has 0 saturated heterocycles. The van der Waals surface area contributed by atoms with Gasteiger partial charge in [-0.05, 0) is 105 Å². The number of esters is 1. The van der Waals surface area contributed by atoms with Crippen LogP contribution in [0.3, 0.4) is 0 Å². The van der Waals surface area contributed by atoms with E-state index >= 15 is 0 Å². The normalized spacial score (nSPS) is 12.5. The Morgan fingerprint density at radius 2 is 1.21 bits per heavy atom. The Kier molecular flexibility index (Phi) is 9.10. The summed E-state index contributed by atoms with van der Waals surface area (Å²) in [4.78, 5) is 12.6. The highest BCUT2D eigenvalue weighted by molar-refractivity contribution is 8.33. The molecule has 6 nitrogen and oxygen atoms in total. The summed E-state index contributed by atoms with van der Waals surface area (Å²) in [5.41, 5.74) is 0.493. The van der Waals surface area contributed by atoms with Crippen molar-refractivity contribution in [2.24, 2.45) is 0 Å². The van der Waals surface area contributed by atoms with Crippen molar-refractivity contribution in [1.82, 2.24) is 0 Å². The molecule has 0 amide bonds. The second-order valence-corrected chi connectivity index (χ2v) is 14.8. The Balaban J connectivity index is 1.94. The van der Waals surface area contributed by atoms with E-state index in [4.69, 9.17) is 13.1 Å². The van der Waals surface area contributed by atoms with Crippen LogP contribution in [0, 0.1) is 25.5 Å². The van der Waals surface area contributed by atoms with Crippen LogP contribution in [0.15, 0.2) is 111 Å². The monoisotopic (exact) mass is 614 g/mol. The smallest absolute Gasteiger partial charge is 0.344 e. The standard InChI is InChI=1S/C32H32F2O6S2/c1-22-19-24(38-21-29(35)39-32(3,4)5)20-23(2)30(22)41(25-13-8-6-9-14-25,26-15-10-7-11-16-26)40-42(36,37)31-27(33)17-12-18-28(31)34/h6-20H,21H2,1-5H3. The maximum atomic E-state index is 14.8. The molecule has 0 unspecified atom stereocenters.